The normalized spacial score (nSPS) is 21.7. The first-order valence-electron chi connectivity index (χ1n) is 7.87. The number of amides is 2. The molecule has 1 aromatic rings. The van der Waals surface area contributed by atoms with Crippen molar-refractivity contribution in [2.45, 2.75) is 58.3 Å². The van der Waals surface area contributed by atoms with E-state index in [9.17, 15) is 22.8 Å². The highest BCUT2D eigenvalue weighted by molar-refractivity contribution is 5.92. The summed E-state index contributed by atoms with van der Waals surface area (Å²) in [7, 11) is 0. The maximum absolute atomic E-state index is 13.3. The number of carbonyl (C=O) groups excluding carboxylic acids is 2. The Hall–Kier alpha value is -1.99. The van der Waals surface area contributed by atoms with Crippen LogP contribution < -0.4 is 5.32 Å². The van der Waals surface area contributed by atoms with Gasteiger partial charge in [-0.1, -0.05) is 6.92 Å². The van der Waals surface area contributed by atoms with Crippen LogP contribution in [-0.4, -0.2) is 41.5 Å². The third-order valence-electron chi connectivity index (χ3n) is 4.18. The number of carbonyl (C=O) groups is 2. The van der Waals surface area contributed by atoms with E-state index in [4.69, 9.17) is 4.42 Å². The van der Waals surface area contributed by atoms with Crippen molar-refractivity contribution in [1.29, 1.82) is 0 Å². The molecule has 1 saturated heterocycles. The Morgan fingerprint density at radius 2 is 2.04 bits per heavy atom. The average Bonchev–Trinajstić information content (AvgIpc) is 2.85. The molecule has 1 fully saturated rings. The molecule has 0 unspecified atom stereocenters. The molecule has 0 bridgehead atoms. The minimum absolute atomic E-state index is 0.0953. The third-order valence-corrected chi connectivity index (χ3v) is 4.18. The largest absolute Gasteiger partial charge is 0.456 e. The molecule has 0 radical (unpaired) electrons. The minimum atomic E-state index is -4.52. The van der Waals surface area contributed by atoms with Crippen molar-refractivity contribution >= 4 is 11.8 Å². The van der Waals surface area contributed by atoms with Gasteiger partial charge in [0.15, 0.2) is 5.76 Å². The summed E-state index contributed by atoms with van der Waals surface area (Å²) < 4.78 is 45.3. The fourth-order valence-electron chi connectivity index (χ4n) is 3.06. The third kappa shape index (κ3) is 3.91. The first-order valence-corrected chi connectivity index (χ1v) is 7.87. The molecule has 8 heteroatoms. The first kappa shape index (κ1) is 18.4. The molecular formula is C16H21F3N2O3. The number of piperidine rings is 1. The van der Waals surface area contributed by atoms with Gasteiger partial charge in [0.2, 0.25) is 5.91 Å². The van der Waals surface area contributed by atoms with E-state index in [1.807, 2.05) is 6.92 Å². The zero-order valence-corrected chi connectivity index (χ0v) is 13.9. The molecule has 1 aliphatic heterocycles. The summed E-state index contributed by atoms with van der Waals surface area (Å²) in [5, 5.41) is 2.59. The van der Waals surface area contributed by atoms with E-state index in [2.05, 4.69) is 5.32 Å². The zero-order chi connectivity index (χ0) is 18.1. The highest BCUT2D eigenvalue weighted by atomic mass is 19.4. The van der Waals surface area contributed by atoms with E-state index in [-0.39, 0.29) is 31.1 Å². The number of rotatable bonds is 3. The second kappa shape index (κ2) is 6.86. The fourth-order valence-corrected chi connectivity index (χ4v) is 3.06. The molecule has 1 aromatic heterocycles. The molecule has 24 heavy (non-hydrogen) atoms. The van der Waals surface area contributed by atoms with Crippen LogP contribution >= 0.6 is 0 Å². The van der Waals surface area contributed by atoms with Gasteiger partial charge in [-0.3, -0.25) is 9.59 Å². The van der Waals surface area contributed by atoms with Crippen molar-refractivity contribution in [2.24, 2.45) is 0 Å². The van der Waals surface area contributed by atoms with Crippen LogP contribution in [0, 0.1) is 6.92 Å². The highest BCUT2D eigenvalue weighted by Gasteiger charge is 2.48. The van der Waals surface area contributed by atoms with Gasteiger partial charge in [0.05, 0.1) is 0 Å². The van der Waals surface area contributed by atoms with Gasteiger partial charge in [0, 0.05) is 25.9 Å². The zero-order valence-electron chi connectivity index (χ0n) is 13.9. The standard InChI is InChI=1S/C16H21F3N2O3/c1-4-12-9(2)7-13(24-12)15(23)21-8-11(20-10(3)22)5-6-14(21)16(17,18)19/h7,11,14H,4-6,8H2,1-3H3,(H,20,22)/t11-,14-/m1/s1. The smallest absolute Gasteiger partial charge is 0.408 e. The first-order chi connectivity index (χ1) is 11.1. The molecule has 1 aliphatic rings. The quantitative estimate of drug-likeness (QED) is 0.915. The minimum Gasteiger partial charge on any atom is -0.456 e. The van der Waals surface area contributed by atoms with Gasteiger partial charge in [0.1, 0.15) is 11.8 Å². The number of halogens is 3. The van der Waals surface area contributed by atoms with Gasteiger partial charge in [-0.05, 0) is 31.4 Å². The van der Waals surface area contributed by atoms with Gasteiger partial charge < -0.3 is 14.6 Å². The second-order valence-corrected chi connectivity index (χ2v) is 6.06. The average molecular weight is 346 g/mol. The molecule has 0 saturated carbocycles. The molecular weight excluding hydrogens is 325 g/mol. The summed E-state index contributed by atoms with van der Waals surface area (Å²) in [4.78, 5) is 24.5. The molecule has 0 spiro atoms. The van der Waals surface area contributed by atoms with Crippen molar-refractivity contribution in [1.82, 2.24) is 10.2 Å². The summed E-state index contributed by atoms with van der Waals surface area (Å²) in [5.41, 5.74) is 0.736. The van der Waals surface area contributed by atoms with Gasteiger partial charge in [0.25, 0.3) is 5.91 Å². The van der Waals surface area contributed by atoms with Gasteiger partial charge in [-0.2, -0.15) is 13.2 Å². The lowest BCUT2D eigenvalue weighted by Crippen LogP contribution is -2.58. The summed E-state index contributed by atoms with van der Waals surface area (Å²) in [6.07, 6.45) is -4.05. The summed E-state index contributed by atoms with van der Waals surface area (Å²) in [6.45, 7) is 4.69. The van der Waals surface area contributed by atoms with E-state index in [1.54, 1.807) is 6.92 Å². The summed E-state index contributed by atoms with van der Waals surface area (Å²) in [6, 6.07) is -0.895. The number of likely N-dealkylation sites (tertiary alicyclic amines) is 1. The van der Waals surface area contributed by atoms with Crippen LogP contribution in [-0.2, 0) is 11.2 Å². The Kier molecular flexibility index (Phi) is 5.25. The van der Waals surface area contributed by atoms with Crippen LogP contribution in [0.2, 0.25) is 0 Å². The Balaban J connectivity index is 2.28. The molecule has 2 amide bonds. The number of nitrogens with zero attached hydrogens (tertiary/aromatic N) is 1. The topological polar surface area (TPSA) is 62.6 Å². The molecule has 2 rings (SSSR count). The van der Waals surface area contributed by atoms with Crippen LogP contribution in [0.5, 0.6) is 0 Å². The van der Waals surface area contributed by atoms with Crippen LogP contribution in [0.15, 0.2) is 10.5 Å². The summed E-state index contributed by atoms with van der Waals surface area (Å²) in [5.74, 6) is -0.644. The van der Waals surface area contributed by atoms with Crippen molar-refractivity contribution < 1.29 is 27.2 Å². The number of alkyl halides is 3. The van der Waals surface area contributed by atoms with E-state index in [1.165, 1.54) is 13.0 Å². The number of aryl methyl sites for hydroxylation is 2. The predicted molar refractivity (Wildman–Crippen MR) is 80.5 cm³/mol. The monoisotopic (exact) mass is 346 g/mol. The summed E-state index contributed by atoms with van der Waals surface area (Å²) >= 11 is 0. The van der Waals surface area contributed by atoms with Gasteiger partial charge in [-0.15, -0.1) is 0 Å². The van der Waals surface area contributed by atoms with Crippen LogP contribution in [0.4, 0.5) is 13.2 Å². The molecule has 0 aliphatic carbocycles. The molecule has 0 aromatic carbocycles. The Morgan fingerprint density at radius 3 is 2.54 bits per heavy atom. The van der Waals surface area contributed by atoms with Crippen molar-refractivity contribution in [3.05, 3.63) is 23.2 Å². The maximum atomic E-state index is 13.3. The Bertz CT molecular complexity index is 625. The molecule has 134 valence electrons. The lowest BCUT2D eigenvalue weighted by molar-refractivity contribution is -0.184. The number of hydrogen-bond acceptors (Lipinski definition) is 3. The van der Waals surface area contributed by atoms with Crippen LogP contribution in [0.25, 0.3) is 0 Å². The van der Waals surface area contributed by atoms with Crippen molar-refractivity contribution in [3.8, 4) is 0 Å². The van der Waals surface area contributed by atoms with Gasteiger partial charge in [-0.25, -0.2) is 0 Å². The van der Waals surface area contributed by atoms with Crippen LogP contribution in [0.3, 0.4) is 0 Å². The van der Waals surface area contributed by atoms with Crippen molar-refractivity contribution in [2.75, 3.05) is 6.54 Å². The lowest BCUT2D eigenvalue weighted by Gasteiger charge is -2.40. The van der Waals surface area contributed by atoms with Crippen LogP contribution in [0.1, 0.15) is 48.6 Å². The maximum Gasteiger partial charge on any atom is 0.408 e. The Morgan fingerprint density at radius 1 is 1.38 bits per heavy atom. The SMILES string of the molecule is CCc1oc(C(=O)N2C[C@H](NC(C)=O)CC[C@@H]2C(F)(F)F)cc1C. The lowest BCUT2D eigenvalue weighted by atomic mass is 9.97. The van der Waals surface area contributed by atoms with E-state index in [0.29, 0.717) is 12.2 Å². The number of hydrogen-bond donors (Lipinski definition) is 1. The fraction of sp³-hybridized carbons (Fsp3) is 0.625. The van der Waals surface area contributed by atoms with E-state index < -0.39 is 24.2 Å². The molecule has 2 atom stereocenters. The van der Waals surface area contributed by atoms with Gasteiger partial charge >= 0.3 is 6.18 Å². The number of furan rings is 1. The van der Waals surface area contributed by atoms with E-state index in [0.717, 1.165) is 10.5 Å². The molecule has 2 heterocycles. The number of nitrogens with one attached hydrogen (secondary N) is 1. The molecule has 5 nitrogen and oxygen atoms in total. The predicted octanol–water partition coefficient (Wildman–Crippen LogP) is 2.82. The van der Waals surface area contributed by atoms with E-state index >= 15 is 0 Å². The molecule has 1 N–H and O–H groups in total. The highest BCUT2D eigenvalue weighted by Crippen LogP contribution is 2.33. The second-order valence-electron chi connectivity index (χ2n) is 6.06. The van der Waals surface area contributed by atoms with Crippen molar-refractivity contribution in [3.63, 3.8) is 0 Å². The Labute approximate surface area is 138 Å².